The monoisotopic (exact) mass is 237 g/mol. The van der Waals surface area contributed by atoms with Crippen molar-refractivity contribution in [2.24, 2.45) is 0 Å². The quantitative estimate of drug-likeness (QED) is 0.803. The highest BCUT2D eigenvalue weighted by atomic mass is 16.4. The maximum absolute atomic E-state index is 11.8. The van der Waals surface area contributed by atoms with Gasteiger partial charge in [-0.05, 0) is 26.3 Å². The summed E-state index contributed by atoms with van der Waals surface area (Å²) in [5, 5.41) is 11.2. The molecule has 17 heavy (non-hydrogen) atoms. The van der Waals surface area contributed by atoms with Crippen LogP contribution in [-0.4, -0.2) is 33.0 Å². The van der Waals surface area contributed by atoms with Gasteiger partial charge in [0.25, 0.3) is 5.91 Å². The van der Waals surface area contributed by atoms with Crippen molar-refractivity contribution in [1.29, 1.82) is 0 Å². The number of hydrogen-bond acceptors (Lipinski definition) is 4. The van der Waals surface area contributed by atoms with Crippen LogP contribution in [0.3, 0.4) is 0 Å². The van der Waals surface area contributed by atoms with Gasteiger partial charge in [0.15, 0.2) is 0 Å². The molecule has 0 saturated heterocycles. The van der Waals surface area contributed by atoms with Crippen LogP contribution in [0.25, 0.3) is 0 Å². The van der Waals surface area contributed by atoms with Crippen molar-refractivity contribution in [1.82, 2.24) is 15.3 Å². The van der Waals surface area contributed by atoms with Crippen LogP contribution in [0.4, 0.5) is 0 Å². The molecule has 0 spiro atoms. The Labute approximate surface area is 99.1 Å². The van der Waals surface area contributed by atoms with Crippen LogP contribution in [0.2, 0.25) is 0 Å². The Morgan fingerprint density at radius 1 is 1.41 bits per heavy atom. The maximum Gasteiger partial charge on any atom is 0.326 e. The summed E-state index contributed by atoms with van der Waals surface area (Å²) >= 11 is 0. The standard InChI is InChI=1S/C11H15N3O3/c1-4-8(11(16)17)14-10(15)9-5-6(2)12-7(3)13-9/h5,8H,4H2,1-3H3,(H,14,15)(H,16,17). The predicted molar refractivity (Wildman–Crippen MR) is 60.7 cm³/mol. The second-order valence-electron chi connectivity index (χ2n) is 3.71. The van der Waals surface area contributed by atoms with Gasteiger partial charge >= 0.3 is 5.97 Å². The number of nitrogens with one attached hydrogen (secondary N) is 1. The Morgan fingerprint density at radius 3 is 2.53 bits per heavy atom. The molecule has 6 heteroatoms. The average molecular weight is 237 g/mol. The van der Waals surface area contributed by atoms with E-state index in [2.05, 4.69) is 15.3 Å². The fraction of sp³-hybridized carbons (Fsp3) is 0.455. The fourth-order valence-electron chi connectivity index (χ4n) is 1.40. The zero-order chi connectivity index (χ0) is 13.0. The number of aromatic nitrogens is 2. The minimum atomic E-state index is -1.05. The molecule has 0 aliphatic heterocycles. The normalized spacial score (nSPS) is 11.9. The van der Waals surface area contributed by atoms with Gasteiger partial charge in [0.05, 0.1) is 0 Å². The lowest BCUT2D eigenvalue weighted by atomic mass is 10.2. The third-order valence-corrected chi connectivity index (χ3v) is 2.21. The Balaban J connectivity index is 2.86. The molecule has 1 amide bonds. The van der Waals surface area contributed by atoms with Gasteiger partial charge in [0, 0.05) is 5.69 Å². The lowest BCUT2D eigenvalue weighted by Crippen LogP contribution is -2.40. The van der Waals surface area contributed by atoms with E-state index in [1.54, 1.807) is 20.8 Å². The molecule has 0 radical (unpaired) electrons. The number of carbonyl (C=O) groups excluding carboxylic acids is 1. The van der Waals surface area contributed by atoms with Crippen molar-refractivity contribution in [3.8, 4) is 0 Å². The summed E-state index contributed by atoms with van der Waals surface area (Å²) in [5.41, 5.74) is 0.862. The van der Waals surface area contributed by atoms with E-state index in [0.717, 1.165) is 0 Å². The SMILES string of the molecule is CCC(NC(=O)c1cc(C)nc(C)n1)C(=O)O. The van der Waals surface area contributed by atoms with Gasteiger partial charge in [-0.2, -0.15) is 0 Å². The number of aliphatic carboxylic acids is 1. The predicted octanol–water partition coefficient (Wildman–Crippen LogP) is 0.686. The summed E-state index contributed by atoms with van der Waals surface area (Å²) < 4.78 is 0. The van der Waals surface area contributed by atoms with Crippen molar-refractivity contribution in [3.05, 3.63) is 23.3 Å². The molecular formula is C11H15N3O3. The molecule has 1 rings (SSSR count). The van der Waals surface area contributed by atoms with Crippen LogP contribution in [0, 0.1) is 13.8 Å². The zero-order valence-electron chi connectivity index (χ0n) is 10.0. The largest absolute Gasteiger partial charge is 0.480 e. The number of carbonyl (C=O) groups is 2. The molecular weight excluding hydrogens is 222 g/mol. The molecule has 0 aromatic carbocycles. The Kier molecular flexibility index (Phi) is 4.14. The van der Waals surface area contributed by atoms with Crippen LogP contribution in [0.15, 0.2) is 6.07 Å². The van der Waals surface area contributed by atoms with Gasteiger partial charge < -0.3 is 10.4 Å². The molecule has 1 atom stereocenters. The molecule has 2 N–H and O–H groups in total. The summed E-state index contributed by atoms with van der Waals surface area (Å²) in [6.45, 7) is 5.12. The van der Waals surface area contributed by atoms with E-state index in [-0.39, 0.29) is 5.69 Å². The molecule has 0 fully saturated rings. The van der Waals surface area contributed by atoms with Crippen molar-refractivity contribution in [3.63, 3.8) is 0 Å². The first-order chi connectivity index (χ1) is 7.93. The molecule has 0 aliphatic rings. The van der Waals surface area contributed by atoms with Gasteiger partial charge in [0.1, 0.15) is 17.6 Å². The van der Waals surface area contributed by atoms with Crippen LogP contribution in [0.5, 0.6) is 0 Å². The van der Waals surface area contributed by atoms with Crippen molar-refractivity contribution < 1.29 is 14.7 Å². The number of aryl methyl sites for hydroxylation is 2. The number of carboxylic acids is 1. The van der Waals surface area contributed by atoms with E-state index < -0.39 is 17.9 Å². The first kappa shape index (κ1) is 13.1. The van der Waals surface area contributed by atoms with Crippen LogP contribution in [0.1, 0.15) is 35.4 Å². The zero-order valence-corrected chi connectivity index (χ0v) is 10.0. The minimum absolute atomic E-state index is 0.190. The molecule has 0 aliphatic carbocycles. The minimum Gasteiger partial charge on any atom is -0.480 e. The highest BCUT2D eigenvalue weighted by Gasteiger charge is 2.19. The fourth-order valence-corrected chi connectivity index (χ4v) is 1.40. The summed E-state index contributed by atoms with van der Waals surface area (Å²) in [6.07, 6.45) is 0.324. The first-order valence-corrected chi connectivity index (χ1v) is 5.30. The van der Waals surface area contributed by atoms with E-state index in [9.17, 15) is 9.59 Å². The molecule has 0 saturated carbocycles. The third kappa shape index (κ3) is 3.51. The van der Waals surface area contributed by atoms with Crippen molar-refractivity contribution in [2.45, 2.75) is 33.2 Å². The van der Waals surface area contributed by atoms with Crippen molar-refractivity contribution >= 4 is 11.9 Å². The van der Waals surface area contributed by atoms with Gasteiger partial charge in [-0.25, -0.2) is 14.8 Å². The van der Waals surface area contributed by atoms with E-state index in [4.69, 9.17) is 5.11 Å². The highest BCUT2D eigenvalue weighted by molar-refractivity contribution is 5.95. The van der Waals surface area contributed by atoms with Gasteiger partial charge in [-0.3, -0.25) is 4.79 Å². The van der Waals surface area contributed by atoms with E-state index in [1.165, 1.54) is 6.07 Å². The van der Waals surface area contributed by atoms with Gasteiger partial charge in [0.2, 0.25) is 0 Å². The number of rotatable bonds is 4. The second kappa shape index (κ2) is 5.38. The topological polar surface area (TPSA) is 92.2 Å². The van der Waals surface area contributed by atoms with Gasteiger partial charge in [-0.15, -0.1) is 0 Å². The summed E-state index contributed by atoms with van der Waals surface area (Å²) in [4.78, 5) is 30.6. The van der Waals surface area contributed by atoms with Gasteiger partial charge in [-0.1, -0.05) is 6.92 Å². The molecule has 6 nitrogen and oxygen atoms in total. The Bertz CT molecular complexity index is 425. The highest BCUT2D eigenvalue weighted by Crippen LogP contribution is 2.01. The third-order valence-electron chi connectivity index (χ3n) is 2.21. The van der Waals surface area contributed by atoms with Crippen molar-refractivity contribution in [2.75, 3.05) is 0 Å². The molecule has 1 unspecified atom stereocenters. The number of hydrogen-bond donors (Lipinski definition) is 2. The molecule has 92 valence electrons. The van der Waals surface area contributed by atoms with E-state index >= 15 is 0 Å². The van der Waals surface area contributed by atoms with E-state index in [0.29, 0.717) is 17.9 Å². The second-order valence-corrected chi connectivity index (χ2v) is 3.71. The number of nitrogens with zero attached hydrogens (tertiary/aromatic N) is 2. The summed E-state index contributed by atoms with van der Waals surface area (Å²) in [6, 6.07) is 0.634. The van der Waals surface area contributed by atoms with Crippen LogP contribution >= 0.6 is 0 Å². The lowest BCUT2D eigenvalue weighted by molar-refractivity contribution is -0.139. The maximum atomic E-state index is 11.8. The number of carboxylic acid groups (broad SMARTS) is 1. The number of amides is 1. The molecule has 1 aromatic rings. The molecule has 1 heterocycles. The van der Waals surface area contributed by atoms with Crippen LogP contribution < -0.4 is 5.32 Å². The Morgan fingerprint density at radius 2 is 2.06 bits per heavy atom. The average Bonchev–Trinajstić information content (AvgIpc) is 2.23. The lowest BCUT2D eigenvalue weighted by Gasteiger charge is -2.12. The summed E-state index contributed by atoms with van der Waals surface area (Å²) in [5.74, 6) is -1.06. The summed E-state index contributed by atoms with van der Waals surface area (Å²) in [7, 11) is 0. The van der Waals surface area contributed by atoms with Crippen LogP contribution in [-0.2, 0) is 4.79 Å². The smallest absolute Gasteiger partial charge is 0.326 e. The molecule has 1 aromatic heterocycles. The first-order valence-electron chi connectivity index (χ1n) is 5.30. The molecule has 0 bridgehead atoms. The van der Waals surface area contributed by atoms with E-state index in [1.807, 2.05) is 0 Å². The Hall–Kier alpha value is -1.98.